The molecule has 0 saturated carbocycles. The second kappa shape index (κ2) is 8.92. The molecule has 0 bridgehead atoms. The topological polar surface area (TPSA) is 60.8 Å². The van der Waals surface area contributed by atoms with Gasteiger partial charge in [-0.05, 0) is 6.07 Å². The van der Waals surface area contributed by atoms with E-state index in [-0.39, 0.29) is 6.61 Å². The van der Waals surface area contributed by atoms with Crippen molar-refractivity contribution in [2.24, 2.45) is 0 Å². The highest BCUT2D eigenvalue weighted by atomic mass is 16.5. The summed E-state index contributed by atoms with van der Waals surface area (Å²) in [5.74, 6) is 0.680. The summed E-state index contributed by atoms with van der Waals surface area (Å²) in [6.45, 7) is 2.36. The van der Waals surface area contributed by atoms with E-state index in [2.05, 4.69) is 4.98 Å². The van der Waals surface area contributed by atoms with Crippen molar-refractivity contribution in [3.05, 3.63) is 24.0 Å². The number of aliphatic hydroxyl groups is 1. The quantitative estimate of drug-likeness (QED) is 0.654. The third kappa shape index (κ3) is 5.63. The second-order valence-electron chi connectivity index (χ2n) is 3.45. The van der Waals surface area contributed by atoms with E-state index in [9.17, 15) is 0 Å². The van der Waals surface area contributed by atoms with Crippen LogP contribution in [-0.4, -0.2) is 43.6 Å². The summed E-state index contributed by atoms with van der Waals surface area (Å²) in [5, 5.41) is 9.06. The number of aliphatic hydroxyl groups excluding tert-OH is 1. The van der Waals surface area contributed by atoms with Gasteiger partial charge in [-0.3, -0.25) is 4.98 Å². The summed E-state index contributed by atoms with van der Waals surface area (Å²) in [6, 6.07) is 1.75. The molecular formula is C12H19NO4. The van der Waals surface area contributed by atoms with E-state index in [1.807, 2.05) is 0 Å². The monoisotopic (exact) mass is 241 g/mol. The van der Waals surface area contributed by atoms with E-state index in [4.69, 9.17) is 19.3 Å². The van der Waals surface area contributed by atoms with E-state index in [1.54, 1.807) is 25.6 Å². The fraction of sp³-hybridized carbons (Fsp3) is 0.583. The standard InChI is InChI=1S/C12H19NO4/c1-15-7-8-16-5-2-6-17-12-3-4-13-9-11(12)10-14/h3-4,9,14H,2,5-8,10H2,1H3. The van der Waals surface area contributed by atoms with Gasteiger partial charge in [0.05, 0.1) is 26.4 Å². The van der Waals surface area contributed by atoms with Gasteiger partial charge in [-0.1, -0.05) is 0 Å². The number of pyridine rings is 1. The van der Waals surface area contributed by atoms with Crippen LogP contribution in [0.25, 0.3) is 0 Å². The number of ether oxygens (including phenoxy) is 3. The fourth-order valence-corrected chi connectivity index (χ4v) is 1.26. The molecule has 96 valence electrons. The Morgan fingerprint density at radius 2 is 2.12 bits per heavy atom. The van der Waals surface area contributed by atoms with Crippen molar-refractivity contribution in [2.45, 2.75) is 13.0 Å². The summed E-state index contributed by atoms with van der Waals surface area (Å²) in [5.41, 5.74) is 0.702. The Kier molecular flexibility index (Phi) is 7.29. The molecule has 0 atom stereocenters. The van der Waals surface area contributed by atoms with Gasteiger partial charge < -0.3 is 19.3 Å². The first-order chi connectivity index (χ1) is 8.38. The molecule has 0 aliphatic carbocycles. The van der Waals surface area contributed by atoms with E-state index < -0.39 is 0 Å². The molecule has 1 aromatic heterocycles. The summed E-state index contributed by atoms with van der Waals surface area (Å²) in [6.07, 6.45) is 4.05. The zero-order valence-corrected chi connectivity index (χ0v) is 10.1. The number of hydrogen-bond donors (Lipinski definition) is 1. The molecule has 0 amide bonds. The zero-order chi connectivity index (χ0) is 12.3. The molecule has 5 heteroatoms. The predicted molar refractivity (Wildman–Crippen MR) is 63.0 cm³/mol. The first-order valence-corrected chi connectivity index (χ1v) is 5.61. The lowest BCUT2D eigenvalue weighted by Gasteiger charge is -2.09. The molecule has 0 aromatic carbocycles. The number of nitrogens with zero attached hydrogens (tertiary/aromatic N) is 1. The fourth-order valence-electron chi connectivity index (χ4n) is 1.26. The van der Waals surface area contributed by atoms with Gasteiger partial charge in [-0.25, -0.2) is 0 Å². The average Bonchev–Trinajstić information content (AvgIpc) is 2.38. The predicted octanol–water partition coefficient (Wildman–Crippen LogP) is 1.01. The van der Waals surface area contributed by atoms with Gasteiger partial charge in [-0.2, -0.15) is 0 Å². The average molecular weight is 241 g/mol. The van der Waals surface area contributed by atoms with Crippen LogP contribution in [0, 0.1) is 0 Å². The van der Waals surface area contributed by atoms with Gasteiger partial charge in [0.1, 0.15) is 5.75 Å². The number of aromatic nitrogens is 1. The molecule has 1 N–H and O–H groups in total. The summed E-state index contributed by atoms with van der Waals surface area (Å²) in [7, 11) is 1.65. The molecule has 0 aliphatic heterocycles. The Bertz CT molecular complexity index is 306. The maximum atomic E-state index is 9.06. The summed E-state index contributed by atoms with van der Waals surface area (Å²) < 4.78 is 15.7. The van der Waals surface area contributed by atoms with Crippen LogP contribution < -0.4 is 4.74 Å². The molecule has 0 fully saturated rings. The van der Waals surface area contributed by atoms with Gasteiger partial charge in [0.2, 0.25) is 0 Å². The van der Waals surface area contributed by atoms with E-state index in [0.29, 0.717) is 37.7 Å². The van der Waals surface area contributed by atoms with Crippen molar-refractivity contribution in [2.75, 3.05) is 33.5 Å². The Labute approximate surface area is 101 Å². The third-order valence-corrected chi connectivity index (χ3v) is 2.15. The minimum absolute atomic E-state index is 0.0620. The third-order valence-electron chi connectivity index (χ3n) is 2.15. The smallest absolute Gasteiger partial charge is 0.127 e. The first-order valence-electron chi connectivity index (χ1n) is 5.61. The van der Waals surface area contributed by atoms with Crippen LogP contribution in [0.4, 0.5) is 0 Å². The molecule has 17 heavy (non-hydrogen) atoms. The molecule has 5 nitrogen and oxygen atoms in total. The van der Waals surface area contributed by atoms with E-state index in [1.165, 1.54) is 0 Å². The number of rotatable bonds is 9. The van der Waals surface area contributed by atoms with E-state index in [0.717, 1.165) is 6.42 Å². The van der Waals surface area contributed by atoms with Crippen LogP contribution in [-0.2, 0) is 16.1 Å². The molecule has 0 unspecified atom stereocenters. The van der Waals surface area contributed by atoms with Crippen molar-refractivity contribution >= 4 is 0 Å². The maximum Gasteiger partial charge on any atom is 0.127 e. The lowest BCUT2D eigenvalue weighted by atomic mass is 10.3. The second-order valence-corrected chi connectivity index (χ2v) is 3.45. The molecule has 1 heterocycles. The minimum atomic E-state index is -0.0620. The van der Waals surface area contributed by atoms with Crippen LogP contribution >= 0.6 is 0 Å². The maximum absolute atomic E-state index is 9.06. The highest BCUT2D eigenvalue weighted by Crippen LogP contribution is 2.16. The highest BCUT2D eigenvalue weighted by molar-refractivity contribution is 5.29. The van der Waals surface area contributed by atoms with Crippen LogP contribution in [0.15, 0.2) is 18.5 Å². The van der Waals surface area contributed by atoms with Crippen LogP contribution in [0.1, 0.15) is 12.0 Å². The lowest BCUT2D eigenvalue weighted by molar-refractivity contribution is 0.0643. The normalized spacial score (nSPS) is 10.5. The zero-order valence-electron chi connectivity index (χ0n) is 10.1. The van der Waals surface area contributed by atoms with Crippen LogP contribution in [0.5, 0.6) is 5.75 Å². The van der Waals surface area contributed by atoms with Gasteiger partial charge in [0.15, 0.2) is 0 Å². The molecule has 0 aliphatic rings. The molecule has 0 spiro atoms. The largest absolute Gasteiger partial charge is 0.493 e. The van der Waals surface area contributed by atoms with Gasteiger partial charge >= 0.3 is 0 Å². The molecule has 1 aromatic rings. The van der Waals surface area contributed by atoms with Crippen LogP contribution in [0.3, 0.4) is 0 Å². The molecule has 0 saturated heterocycles. The number of hydrogen-bond acceptors (Lipinski definition) is 5. The Morgan fingerprint density at radius 3 is 2.88 bits per heavy atom. The van der Waals surface area contributed by atoms with Crippen molar-refractivity contribution in [3.8, 4) is 5.75 Å². The van der Waals surface area contributed by atoms with Gasteiger partial charge in [-0.15, -0.1) is 0 Å². The van der Waals surface area contributed by atoms with Crippen molar-refractivity contribution < 1.29 is 19.3 Å². The summed E-state index contributed by atoms with van der Waals surface area (Å²) >= 11 is 0. The lowest BCUT2D eigenvalue weighted by Crippen LogP contribution is -2.07. The SMILES string of the molecule is COCCOCCCOc1ccncc1CO. The van der Waals surface area contributed by atoms with Crippen molar-refractivity contribution in [1.29, 1.82) is 0 Å². The summed E-state index contributed by atoms with van der Waals surface area (Å²) in [4.78, 5) is 3.92. The van der Waals surface area contributed by atoms with Crippen LogP contribution in [0.2, 0.25) is 0 Å². The highest BCUT2D eigenvalue weighted by Gasteiger charge is 2.01. The van der Waals surface area contributed by atoms with Gasteiger partial charge in [0.25, 0.3) is 0 Å². The molecular weight excluding hydrogens is 222 g/mol. The Balaban J connectivity index is 2.13. The number of methoxy groups -OCH3 is 1. The molecule has 0 radical (unpaired) electrons. The Morgan fingerprint density at radius 1 is 1.24 bits per heavy atom. The first kappa shape index (κ1) is 13.9. The van der Waals surface area contributed by atoms with Gasteiger partial charge in [0, 0.05) is 38.1 Å². The Hall–Kier alpha value is -1.17. The van der Waals surface area contributed by atoms with E-state index >= 15 is 0 Å². The minimum Gasteiger partial charge on any atom is -0.493 e. The van der Waals surface area contributed by atoms with Crippen molar-refractivity contribution in [1.82, 2.24) is 4.98 Å². The molecule has 1 rings (SSSR count). The van der Waals surface area contributed by atoms with Crippen molar-refractivity contribution in [3.63, 3.8) is 0 Å².